The third-order valence-electron chi connectivity index (χ3n) is 3.86. The Morgan fingerprint density at radius 2 is 2.04 bits per heavy atom. The molecule has 0 spiro atoms. The van der Waals surface area contributed by atoms with Crippen LogP contribution in [0.15, 0.2) is 56.4 Å². The first-order chi connectivity index (χ1) is 12.5. The average Bonchev–Trinajstić information content (AvgIpc) is 2.94. The summed E-state index contributed by atoms with van der Waals surface area (Å²) in [6, 6.07) is 11.8. The lowest BCUT2D eigenvalue weighted by molar-refractivity contribution is 0.102. The number of hydrogen-bond donors (Lipinski definition) is 1. The molecule has 0 unspecified atom stereocenters. The van der Waals surface area contributed by atoms with Gasteiger partial charge in [0.05, 0.1) is 16.9 Å². The Labute approximate surface area is 163 Å². The van der Waals surface area contributed by atoms with Gasteiger partial charge in [0.25, 0.3) is 5.91 Å². The van der Waals surface area contributed by atoms with Crippen LogP contribution in [-0.4, -0.2) is 11.1 Å². The number of aromatic nitrogens is 1. The van der Waals surface area contributed by atoms with Crippen LogP contribution in [0.25, 0.3) is 0 Å². The molecule has 0 aliphatic rings. The van der Waals surface area contributed by atoms with E-state index in [4.69, 9.17) is 4.52 Å². The Kier molecular flexibility index (Phi) is 5.78. The fourth-order valence-corrected chi connectivity index (χ4v) is 3.95. The van der Waals surface area contributed by atoms with E-state index in [-0.39, 0.29) is 11.6 Å². The third kappa shape index (κ3) is 4.16. The minimum absolute atomic E-state index is 0.142. The number of amides is 1. The van der Waals surface area contributed by atoms with Crippen LogP contribution in [0.3, 0.4) is 0 Å². The van der Waals surface area contributed by atoms with Crippen LogP contribution in [-0.2, 0) is 5.75 Å². The Hall–Kier alpha value is -2.12. The van der Waals surface area contributed by atoms with Gasteiger partial charge in [0.1, 0.15) is 11.6 Å². The van der Waals surface area contributed by atoms with Crippen molar-refractivity contribution in [2.75, 3.05) is 5.32 Å². The number of nitrogens with zero attached hydrogens (tertiary/aromatic N) is 1. The fourth-order valence-electron chi connectivity index (χ4n) is 2.42. The summed E-state index contributed by atoms with van der Waals surface area (Å²) in [5.74, 6) is 0.563. The van der Waals surface area contributed by atoms with Crippen LogP contribution in [0, 0.1) is 19.7 Å². The van der Waals surface area contributed by atoms with Crippen molar-refractivity contribution < 1.29 is 13.7 Å². The first-order valence-corrected chi connectivity index (χ1v) is 9.63. The van der Waals surface area contributed by atoms with Gasteiger partial charge in [-0.3, -0.25) is 4.79 Å². The molecule has 0 aliphatic heterocycles. The molecule has 4 nitrogen and oxygen atoms in total. The molecule has 3 rings (SSSR count). The predicted molar refractivity (Wildman–Crippen MR) is 104 cm³/mol. The van der Waals surface area contributed by atoms with E-state index in [0.29, 0.717) is 15.8 Å². The highest BCUT2D eigenvalue weighted by Gasteiger charge is 2.15. The van der Waals surface area contributed by atoms with Crippen molar-refractivity contribution in [1.29, 1.82) is 0 Å². The molecule has 1 N–H and O–H groups in total. The first-order valence-electron chi connectivity index (χ1n) is 7.85. The maximum atomic E-state index is 14.0. The molecule has 0 radical (unpaired) electrons. The maximum Gasteiger partial charge on any atom is 0.256 e. The lowest BCUT2D eigenvalue weighted by Crippen LogP contribution is -2.14. The molecule has 134 valence electrons. The molecule has 7 heteroatoms. The molecular weight excluding hydrogens is 419 g/mol. The van der Waals surface area contributed by atoms with Crippen molar-refractivity contribution in [3.63, 3.8) is 0 Å². The number of carbonyl (C=O) groups excluding carboxylic acids is 1. The number of rotatable bonds is 5. The molecule has 2 aromatic carbocycles. The Bertz CT molecular complexity index is 939. The normalized spacial score (nSPS) is 10.8. The zero-order chi connectivity index (χ0) is 18.7. The van der Waals surface area contributed by atoms with Crippen molar-refractivity contribution in [1.82, 2.24) is 5.16 Å². The first kappa shape index (κ1) is 18.7. The highest BCUT2D eigenvalue weighted by atomic mass is 79.9. The summed E-state index contributed by atoms with van der Waals surface area (Å²) >= 11 is 4.72. The number of hydrogen-bond acceptors (Lipinski definition) is 4. The number of benzene rings is 2. The maximum absolute atomic E-state index is 14.0. The molecule has 0 fully saturated rings. The van der Waals surface area contributed by atoms with Gasteiger partial charge in [0, 0.05) is 20.7 Å². The summed E-state index contributed by atoms with van der Waals surface area (Å²) in [5, 5.41) is 6.58. The van der Waals surface area contributed by atoms with Gasteiger partial charge in [0.15, 0.2) is 0 Å². The molecule has 26 heavy (non-hydrogen) atoms. The number of nitrogens with one attached hydrogen (secondary N) is 1. The predicted octanol–water partition coefficient (Wildman–Crippen LogP) is 5.74. The van der Waals surface area contributed by atoms with Gasteiger partial charge in [-0.2, -0.15) is 0 Å². The summed E-state index contributed by atoms with van der Waals surface area (Å²) in [7, 11) is 0. The van der Waals surface area contributed by atoms with Crippen molar-refractivity contribution >= 4 is 39.3 Å². The second kappa shape index (κ2) is 8.05. The molecule has 0 bridgehead atoms. The van der Waals surface area contributed by atoms with E-state index in [1.807, 2.05) is 26.0 Å². The average molecular weight is 435 g/mol. The van der Waals surface area contributed by atoms with Gasteiger partial charge in [-0.05, 0) is 44.2 Å². The summed E-state index contributed by atoms with van der Waals surface area (Å²) in [6.07, 6.45) is 0. The van der Waals surface area contributed by atoms with Crippen molar-refractivity contribution in [3.8, 4) is 0 Å². The van der Waals surface area contributed by atoms with Gasteiger partial charge in [-0.1, -0.05) is 33.2 Å². The van der Waals surface area contributed by atoms with Crippen LogP contribution < -0.4 is 5.32 Å². The number of anilines is 1. The van der Waals surface area contributed by atoms with Crippen LogP contribution in [0.5, 0.6) is 0 Å². The van der Waals surface area contributed by atoms with Crippen LogP contribution in [0.4, 0.5) is 10.1 Å². The summed E-state index contributed by atoms with van der Waals surface area (Å²) in [4.78, 5) is 13.4. The Morgan fingerprint density at radius 3 is 2.73 bits per heavy atom. The standard InChI is InChI=1S/C19H16BrFN2O2S/c1-11-15(12(2)25-23-11)10-26-18-6-4-3-5-14(18)19(24)22-17-8-7-13(20)9-16(17)21/h3-9H,10H2,1-2H3,(H,22,24). The van der Waals surface area contributed by atoms with Gasteiger partial charge < -0.3 is 9.84 Å². The van der Waals surface area contributed by atoms with Crippen molar-refractivity contribution in [2.45, 2.75) is 24.5 Å². The topological polar surface area (TPSA) is 55.1 Å². The van der Waals surface area contributed by atoms with E-state index >= 15 is 0 Å². The molecule has 0 saturated carbocycles. The van der Waals surface area contributed by atoms with E-state index < -0.39 is 5.82 Å². The molecule has 3 aromatic rings. The number of thioether (sulfide) groups is 1. The molecule has 0 aliphatic carbocycles. The van der Waals surface area contributed by atoms with Gasteiger partial charge >= 0.3 is 0 Å². The number of aryl methyl sites for hydroxylation is 2. The van der Waals surface area contributed by atoms with Crippen LogP contribution in [0.1, 0.15) is 27.4 Å². The molecular formula is C19H16BrFN2O2S. The fraction of sp³-hybridized carbons (Fsp3) is 0.158. The molecule has 1 heterocycles. The number of carbonyl (C=O) groups is 1. The molecule has 1 aromatic heterocycles. The van der Waals surface area contributed by atoms with E-state index in [1.54, 1.807) is 18.2 Å². The second-order valence-corrected chi connectivity index (χ2v) is 7.60. The molecule has 1 amide bonds. The molecule has 0 atom stereocenters. The van der Waals surface area contributed by atoms with E-state index in [1.165, 1.54) is 23.9 Å². The highest BCUT2D eigenvalue weighted by molar-refractivity contribution is 9.10. The van der Waals surface area contributed by atoms with Crippen molar-refractivity contribution in [3.05, 3.63) is 75.3 Å². The lowest BCUT2D eigenvalue weighted by atomic mass is 10.2. The minimum Gasteiger partial charge on any atom is -0.361 e. The van der Waals surface area contributed by atoms with Crippen LogP contribution >= 0.6 is 27.7 Å². The highest BCUT2D eigenvalue weighted by Crippen LogP contribution is 2.29. The third-order valence-corrected chi connectivity index (χ3v) is 5.46. The summed E-state index contributed by atoms with van der Waals surface area (Å²) in [5.41, 5.74) is 2.49. The van der Waals surface area contributed by atoms with Crippen LogP contribution in [0.2, 0.25) is 0 Å². The van der Waals surface area contributed by atoms with Crippen molar-refractivity contribution in [2.24, 2.45) is 0 Å². The lowest BCUT2D eigenvalue weighted by Gasteiger charge is -2.11. The summed E-state index contributed by atoms with van der Waals surface area (Å²) < 4.78 is 19.8. The largest absolute Gasteiger partial charge is 0.361 e. The van der Waals surface area contributed by atoms with E-state index in [2.05, 4.69) is 26.4 Å². The Balaban J connectivity index is 1.79. The Morgan fingerprint density at radius 1 is 1.27 bits per heavy atom. The smallest absolute Gasteiger partial charge is 0.256 e. The number of halogens is 2. The van der Waals surface area contributed by atoms with E-state index in [0.717, 1.165) is 21.9 Å². The second-order valence-electron chi connectivity index (χ2n) is 5.67. The van der Waals surface area contributed by atoms with E-state index in [9.17, 15) is 9.18 Å². The minimum atomic E-state index is -0.492. The SMILES string of the molecule is Cc1noc(C)c1CSc1ccccc1C(=O)Nc1ccc(Br)cc1F. The quantitative estimate of drug-likeness (QED) is 0.520. The summed E-state index contributed by atoms with van der Waals surface area (Å²) in [6.45, 7) is 3.76. The zero-order valence-electron chi connectivity index (χ0n) is 14.2. The van der Waals surface area contributed by atoms with Gasteiger partial charge in [-0.15, -0.1) is 11.8 Å². The van der Waals surface area contributed by atoms with Gasteiger partial charge in [0.2, 0.25) is 0 Å². The molecule has 0 saturated heterocycles. The zero-order valence-corrected chi connectivity index (χ0v) is 16.6. The van der Waals surface area contributed by atoms with Gasteiger partial charge in [-0.25, -0.2) is 4.39 Å². The monoisotopic (exact) mass is 434 g/mol.